The molecule has 188 valence electrons. The molecule has 1 amide bonds. The summed E-state index contributed by atoms with van der Waals surface area (Å²) < 4.78 is 6.57. The molecule has 2 N–H and O–H groups in total. The Morgan fingerprint density at radius 2 is 1.66 bits per heavy atom. The fourth-order valence-corrected chi connectivity index (χ4v) is 4.77. The molecule has 5 aromatic rings. The minimum absolute atomic E-state index is 0.294. The average molecular weight is 654 g/mol. The van der Waals surface area contributed by atoms with Crippen molar-refractivity contribution in [2.24, 2.45) is 5.10 Å². The van der Waals surface area contributed by atoms with Crippen molar-refractivity contribution >= 4 is 74.8 Å². The van der Waals surface area contributed by atoms with Crippen LogP contribution in [-0.2, 0) is 0 Å². The molecule has 0 aliphatic rings. The maximum Gasteiger partial charge on any atom is 0.343 e. The molecule has 0 radical (unpaired) electrons. The van der Waals surface area contributed by atoms with E-state index in [9.17, 15) is 9.59 Å². The SMILES string of the molecule is O=C(Oc1ccccc1C=NNC(=O)c1[nH]c2ccc(I)cc2c1-c1ccccc1Cl)c1ccc(Cl)cc1. The first-order chi connectivity index (χ1) is 18.4. The molecule has 0 bridgehead atoms. The average Bonchev–Trinajstić information content (AvgIpc) is 3.28. The van der Waals surface area contributed by atoms with Gasteiger partial charge in [0, 0.05) is 41.2 Å². The van der Waals surface area contributed by atoms with Crippen molar-refractivity contribution in [3.63, 3.8) is 0 Å². The lowest BCUT2D eigenvalue weighted by molar-refractivity contribution is 0.0734. The Morgan fingerprint density at radius 1 is 0.921 bits per heavy atom. The predicted molar refractivity (Wildman–Crippen MR) is 159 cm³/mol. The van der Waals surface area contributed by atoms with E-state index in [1.807, 2.05) is 36.4 Å². The van der Waals surface area contributed by atoms with Gasteiger partial charge in [0.05, 0.1) is 11.8 Å². The number of hydrazone groups is 1. The van der Waals surface area contributed by atoms with E-state index < -0.39 is 11.9 Å². The molecule has 6 nitrogen and oxygen atoms in total. The van der Waals surface area contributed by atoms with Gasteiger partial charge in [-0.1, -0.05) is 53.5 Å². The van der Waals surface area contributed by atoms with Crippen LogP contribution in [0.25, 0.3) is 22.0 Å². The molecule has 0 saturated carbocycles. The van der Waals surface area contributed by atoms with E-state index in [1.54, 1.807) is 54.6 Å². The van der Waals surface area contributed by atoms with Gasteiger partial charge in [0.15, 0.2) is 0 Å². The van der Waals surface area contributed by atoms with Gasteiger partial charge in [-0.05, 0) is 83.3 Å². The number of benzene rings is 4. The largest absolute Gasteiger partial charge is 0.422 e. The molecule has 38 heavy (non-hydrogen) atoms. The summed E-state index contributed by atoms with van der Waals surface area (Å²) in [6.45, 7) is 0. The van der Waals surface area contributed by atoms with Gasteiger partial charge in [0.25, 0.3) is 5.91 Å². The van der Waals surface area contributed by atoms with Crippen LogP contribution in [0.5, 0.6) is 5.75 Å². The predicted octanol–water partition coefficient (Wildman–Crippen LogP) is 7.73. The smallest absolute Gasteiger partial charge is 0.343 e. The highest BCUT2D eigenvalue weighted by Gasteiger charge is 2.21. The molecule has 0 unspecified atom stereocenters. The molecule has 0 aliphatic heterocycles. The number of nitrogens with zero attached hydrogens (tertiary/aromatic N) is 1. The number of carbonyl (C=O) groups is 2. The first-order valence-electron chi connectivity index (χ1n) is 11.4. The molecule has 1 heterocycles. The lowest BCUT2D eigenvalue weighted by Gasteiger charge is -2.08. The van der Waals surface area contributed by atoms with Crippen LogP contribution in [0.1, 0.15) is 26.4 Å². The third-order valence-electron chi connectivity index (χ3n) is 5.70. The molecule has 0 fully saturated rings. The summed E-state index contributed by atoms with van der Waals surface area (Å²) in [5.74, 6) is -0.691. The molecule has 0 spiro atoms. The number of aromatic amines is 1. The fourth-order valence-electron chi connectivity index (χ4n) is 3.92. The summed E-state index contributed by atoms with van der Waals surface area (Å²) in [6.07, 6.45) is 1.42. The first-order valence-corrected chi connectivity index (χ1v) is 13.2. The van der Waals surface area contributed by atoms with Crippen molar-refractivity contribution in [2.45, 2.75) is 0 Å². The summed E-state index contributed by atoms with van der Waals surface area (Å²) in [4.78, 5) is 29.0. The number of hydrogen-bond acceptors (Lipinski definition) is 4. The third-order valence-corrected chi connectivity index (χ3v) is 6.95. The van der Waals surface area contributed by atoms with Gasteiger partial charge in [-0.2, -0.15) is 5.10 Å². The number of ether oxygens (including phenoxy) is 1. The first kappa shape index (κ1) is 26.0. The Hall–Kier alpha value is -3.66. The fraction of sp³-hybridized carbons (Fsp3) is 0. The highest BCUT2D eigenvalue weighted by Crippen LogP contribution is 2.37. The Labute approximate surface area is 241 Å². The van der Waals surface area contributed by atoms with Gasteiger partial charge in [0.1, 0.15) is 11.4 Å². The van der Waals surface area contributed by atoms with Crippen LogP contribution < -0.4 is 10.2 Å². The zero-order chi connectivity index (χ0) is 26.6. The summed E-state index contributed by atoms with van der Waals surface area (Å²) >= 11 is 14.6. The van der Waals surface area contributed by atoms with Crippen molar-refractivity contribution < 1.29 is 14.3 Å². The molecule has 1 aromatic heterocycles. The number of halogens is 3. The molecule has 0 atom stereocenters. The topological polar surface area (TPSA) is 83.5 Å². The zero-order valence-electron chi connectivity index (χ0n) is 19.5. The summed E-state index contributed by atoms with van der Waals surface area (Å²) in [6, 6.07) is 26.5. The van der Waals surface area contributed by atoms with Gasteiger partial charge >= 0.3 is 5.97 Å². The number of aromatic nitrogens is 1. The number of amides is 1. The normalized spacial score (nSPS) is 11.1. The second kappa shape index (κ2) is 11.4. The number of nitrogens with one attached hydrogen (secondary N) is 2. The number of rotatable bonds is 6. The molecular weight excluding hydrogens is 636 g/mol. The molecule has 0 saturated heterocycles. The molecule has 0 aliphatic carbocycles. The van der Waals surface area contributed by atoms with Crippen LogP contribution in [0.2, 0.25) is 10.0 Å². The third kappa shape index (κ3) is 5.60. The number of esters is 1. The Bertz CT molecular complexity index is 1700. The Kier molecular flexibility index (Phi) is 7.78. The quantitative estimate of drug-likeness (QED) is 0.0647. The van der Waals surface area contributed by atoms with Gasteiger partial charge in [-0.3, -0.25) is 4.79 Å². The van der Waals surface area contributed by atoms with E-state index in [0.29, 0.717) is 38.2 Å². The monoisotopic (exact) mass is 653 g/mol. The van der Waals surface area contributed by atoms with Crippen molar-refractivity contribution in [1.29, 1.82) is 0 Å². The minimum Gasteiger partial charge on any atom is -0.422 e. The Morgan fingerprint density at radius 3 is 2.45 bits per heavy atom. The van der Waals surface area contributed by atoms with Crippen LogP contribution >= 0.6 is 45.8 Å². The second-order valence-corrected chi connectivity index (χ2v) is 10.3. The van der Waals surface area contributed by atoms with Gasteiger partial charge < -0.3 is 9.72 Å². The van der Waals surface area contributed by atoms with Crippen molar-refractivity contribution in [3.05, 3.63) is 121 Å². The van der Waals surface area contributed by atoms with Gasteiger partial charge in [-0.15, -0.1) is 0 Å². The molecular formula is C29H18Cl2IN3O3. The van der Waals surface area contributed by atoms with Crippen LogP contribution in [0.4, 0.5) is 0 Å². The van der Waals surface area contributed by atoms with Crippen LogP contribution in [-0.4, -0.2) is 23.1 Å². The van der Waals surface area contributed by atoms with E-state index in [-0.39, 0.29) is 0 Å². The van der Waals surface area contributed by atoms with E-state index in [1.165, 1.54) is 6.21 Å². The lowest BCUT2D eigenvalue weighted by atomic mass is 10.0. The lowest BCUT2D eigenvalue weighted by Crippen LogP contribution is -2.19. The van der Waals surface area contributed by atoms with E-state index in [0.717, 1.165) is 20.0 Å². The zero-order valence-corrected chi connectivity index (χ0v) is 23.2. The van der Waals surface area contributed by atoms with Crippen molar-refractivity contribution in [3.8, 4) is 16.9 Å². The van der Waals surface area contributed by atoms with E-state index in [4.69, 9.17) is 27.9 Å². The van der Waals surface area contributed by atoms with Crippen LogP contribution in [0.3, 0.4) is 0 Å². The molecule has 5 rings (SSSR count). The summed E-state index contributed by atoms with van der Waals surface area (Å²) in [7, 11) is 0. The van der Waals surface area contributed by atoms with Crippen LogP contribution in [0.15, 0.2) is 96.1 Å². The molecule has 4 aromatic carbocycles. The number of fused-ring (bicyclic) bond motifs is 1. The summed E-state index contributed by atoms with van der Waals surface area (Å²) in [5.41, 5.74) is 5.98. The van der Waals surface area contributed by atoms with Crippen molar-refractivity contribution in [2.75, 3.05) is 0 Å². The highest BCUT2D eigenvalue weighted by atomic mass is 127. The van der Waals surface area contributed by atoms with E-state index >= 15 is 0 Å². The maximum atomic E-state index is 13.3. The number of carbonyl (C=O) groups excluding carboxylic acids is 2. The number of para-hydroxylation sites is 1. The van der Waals surface area contributed by atoms with Gasteiger partial charge in [0.2, 0.25) is 0 Å². The summed E-state index contributed by atoms with van der Waals surface area (Å²) in [5, 5.41) is 6.05. The minimum atomic E-state index is -0.538. The van der Waals surface area contributed by atoms with Gasteiger partial charge in [-0.25, -0.2) is 10.2 Å². The number of hydrogen-bond donors (Lipinski definition) is 2. The Balaban J connectivity index is 1.40. The standard InChI is InChI=1S/C29H18Cl2IN3O3/c30-19-11-9-17(10-12-19)29(37)38-25-8-4-1-5-18(25)16-33-35-28(36)27-26(21-6-2-3-7-23(21)31)22-15-20(32)13-14-24(22)34-27/h1-16,34H,(H,35,36). The van der Waals surface area contributed by atoms with E-state index in [2.05, 4.69) is 38.1 Å². The van der Waals surface area contributed by atoms with Crippen molar-refractivity contribution in [1.82, 2.24) is 10.4 Å². The van der Waals surface area contributed by atoms with Crippen LogP contribution in [0, 0.1) is 3.57 Å². The molecule has 9 heteroatoms. The number of H-pyrrole nitrogens is 1. The maximum absolute atomic E-state index is 13.3. The highest BCUT2D eigenvalue weighted by molar-refractivity contribution is 14.1. The second-order valence-electron chi connectivity index (χ2n) is 8.18.